The van der Waals surface area contributed by atoms with Gasteiger partial charge in [0.15, 0.2) is 5.82 Å². The third-order valence-electron chi connectivity index (χ3n) is 9.63. The average Bonchev–Trinajstić information content (AvgIpc) is 3.49. The molecule has 3 aromatic heterocycles. The van der Waals surface area contributed by atoms with Crippen LogP contribution in [0.3, 0.4) is 0 Å². The second-order valence-corrected chi connectivity index (χ2v) is 12.3. The molecule has 0 aliphatic heterocycles. The van der Waals surface area contributed by atoms with Crippen molar-refractivity contribution in [2.24, 2.45) is 0 Å². The third kappa shape index (κ3) is 4.77. The minimum atomic E-state index is -0.495. The molecule has 4 heteroatoms. The Bertz CT molecular complexity index is 2370. The van der Waals surface area contributed by atoms with Crippen LogP contribution in [0.5, 0.6) is 0 Å². The zero-order chi connectivity index (χ0) is 32.6. The first-order valence-electron chi connectivity index (χ1n) is 16.4. The van der Waals surface area contributed by atoms with Crippen molar-refractivity contribution >= 4 is 0 Å². The highest BCUT2D eigenvalue weighted by Gasteiger charge is 2.46. The molecule has 3 heterocycles. The number of rotatable bonds is 6. The smallest absolute Gasteiger partial charge is 0.159 e. The molecule has 230 valence electrons. The summed E-state index contributed by atoms with van der Waals surface area (Å²) < 4.78 is 0. The quantitative estimate of drug-likeness (QED) is 0.184. The lowest BCUT2D eigenvalue weighted by atomic mass is 9.67. The standard InChI is InChI=1S/C45H30N4/c1-3-13-36(14-4-1)45(37-15-5-2-6-16-37)41-18-8-7-17-38(41)39-24-23-33(27-42(39)45)44-48-30-40(35-12-10-26-47-29-35)43(49-44)32-21-19-31(20-22-32)34-11-9-25-46-28-34/h1-30H. The van der Waals surface area contributed by atoms with Crippen LogP contribution < -0.4 is 0 Å². The normalized spacial score (nSPS) is 12.7. The van der Waals surface area contributed by atoms with Crippen LogP contribution in [0.1, 0.15) is 22.3 Å². The highest BCUT2D eigenvalue weighted by atomic mass is 14.9. The molecule has 8 aromatic rings. The predicted octanol–water partition coefficient (Wildman–Crippen LogP) is 10.3. The highest BCUT2D eigenvalue weighted by molar-refractivity contribution is 5.88. The van der Waals surface area contributed by atoms with E-state index in [4.69, 9.17) is 9.97 Å². The fourth-order valence-electron chi connectivity index (χ4n) is 7.41. The van der Waals surface area contributed by atoms with Crippen LogP contribution in [-0.4, -0.2) is 19.9 Å². The van der Waals surface area contributed by atoms with E-state index in [2.05, 4.69) is 149 Å². The van der Waals surface area contributed by atoms with E-state index in [9.17, 15) is 0 Å². The molecule has 0 unspecified atom stereocenters. The van der Waals surface area contributed by atoms with Crippen molar-refractivity contribution in [3.63, 3.8) is 0 Å². The van der Waals surface area contributed by atoms with E-state index in [0.717, 1.165) is 39.1 Å². The van der Waals surface area contributed by atoms with E-state index in [-0.39, 0.29) is 0 Å². The number of aromatic nitrogens is 4. The zero-order valence-corrected chi connectivity index (χ0v) is 26.6. The fraction of sp³-hybridized carbons (Fsp3) is 0.0222. The van der Waals surface area contributed by atoms with Crippen molar-refractivity contribution < 1.29 is 0 Å². The van der Waals surface area contributed by atoms with E-state index in [0.29, 0.717) is 5.82 Å². The fourth-order valence-corrected chi connectivity index (χ4v) is 7.41. The number of fused-ring (bicyclic) bond motifs is 3. The average molecular weight is 627 g/mol. The zero-order valence-electron chi connectivity index (χ0n) is 26.6. The Hall–Kier alpha value is -6.52. The summed E-state index contributed by atoms with van der Waals surface area (Å²) in [6.45, 7) is 0. The first-order chi connectivity index (χ1) is 24.3. The van der Waals surface area contributed by atoms with Crippen LogP contribution in [-0.2, 0) is 5.41 Å². The molecule has 4 nitrogen and oxygen atoms in total. The minimum absolute atomic E-state index is 0.495. The monoisotopic (exact) mass is 626 g/mol. The van der Waals surface area contributed by atoms with Gasteiger partial charge in [-0.05, 0) is 62.7 Å². The summed E-state index contributed by atoms with van der Waals surface area (Å²) in [6, 6.07) is 53.8. The largest absolute Gasteiger partial charge is 0.264 e. The van der Waals surface area contributed by atoms with Gasteiger partial charge >= 0.3 is 0 Å². The molecule has 0 bridgehead atoms. The van der Waals surface area contributed by atoms with Gasteiger partial charge < -0.3 is 0 Å². The lowest BCUT2D eigenvalue weighted by molar-refractivity contribution is 0.768. The number of pyridine rings is 2. The second-order valence-electron chi connectivity index (χ2n) is 12.3. The summed E-state index contributed by atoms with van der Waals surface area (Å²) in [6.07, 6.45) is 9.27. The van der Waals surface area contributed by atoms with Crippen molar-refractivity contribution in [3.05, 3.63) is 205 Å². The van der Waals surface area contributed by atoms with Crippen LogP contribution in [0.15, 0.2) is 183 Å². The van der Waals surface area contributed by atoms with Crippen molar-refractivity contribution in [2.45, 2.75) is 5.41 Å². The van der Waals surface area contributed by atoms with E-state index in [1.165, 1.54) is 33.4 Å². The molecule has 1 aliphatic rings. The Morgan fingerprint density at radius 1 is 0.388 bits per heavy atom. The van der Waals surface area contributed by atoms with Gasteiger partial charge in [0.05, 0.1) is 11.1 Å². The van der Waals surface area contributed by atoms with Gasteiger partial charge in [0, 0.05) is 53.2 Å². The van der Waals surface area contributed by atoms with Crippen molar-refractivity contribution in [3.8, 4) is 56.0 Å². The molecule has 1 aliphatic carbocycles. The van der Waals surface area contributed by atoms with Crippen LogP contribution in [0.2, 0.25) is 0 Å². The summed E-state index contributed by atoms with van der Waals surface area (Å²) in [5, 5.41) is 0. The van der Waals surface area contributed by atoms with Gasteiger partial charge in [0.1, 0.15) is 0 Å². The Balaban J connectivity index is 1.24. The van der Waals surface area contributed by atoms with Gasteiger partial charge in [-0.25, -0.2) is 9.97 Å². The molecule has 49 heavy (non-hydrogen) atoms. The summed E-state index contributed by atoms with van der Waals surface area (Å²) in [5.74, 6) is 0.674. The molecular weight excluding hydrogens is 597 g/mol. The van der Waals surface area contributed by atoms with Crippen molar-refractivity contribution in [1.29, 1.82) is 0 Å². The molecule has 0 atom stereocenters. The third-order valence-corrected chi connectivity index (χ3v) is 9.63. The maximum atomic E-state index is 5.31. The molecule has 5 aromatic carbocycles. The first kappa shape index (κ1) is 28.7. The minimum Gasteiger partial charge on any atom is -0.264 e. The molecule has 0 spiro atoms. The number of nitrogens with zero attached hydrogens (tertiary/aromatic N) is 4. The second kappa shape index (κ2) is 11.9. The Morgan fingerprint density at radius 2 is 0.980 bits per heavy atom. The van der Waals surface area contributed by atoms with Crippen molar-refractivity contribution in [2.75, 3.05) is 0 Å². The Kier molecular flexibility index (Phi) is 6.98. The van der Waals surface area contributed by atoms with Crippen LogP contribution in [0, 0.1) is 0 Å². The van der Waals surface area contributed by atoms with Gasteiger partial charge in [-0.15, -0.1) is 0 Å². The molecule has 0 saturated carbocycles. The maximum absolute atomic E-state index is 5.31. The number of benzene rings is 5. The van der Waals surface area contributed by atoms with Gasteiger partial charge in [0.25, 0.3) is 0 Å². The van der Waals surface area contributed by atoms with Crippen LogP contribution in [0.25, 0.3) is 56.0 Å². The summed E-state index contributed by atoms with van der Waals surface area (Å²) in [4.78, 5) is 19.0. The summed E-state index contributed by atoms with van der Waals surface area (Å²) in [7, 11) is 0. The molecule has 0 radical (unpaired) electrons. The lowest BCUT2D eigenvalue weighted by Crippen LogP contribution is -2.28. The molecule has 0 amide bonds. The molecule has 0 N–H and O–H groups in total. The van der Waals surface area contributed by atoms with E-state index < -0.39 is 5.41 Å². The maximum Gasteiger partial charge on any atom is 0.159 e. The Labute approximate surface area is 285 Å². The first-order valence-corrected chi connectivity index (χ1v) is 16.4. The van der Waals surface area contributed by atoms with Gasteiger partial charge in [-0.3, -0.25) is 9.97 Å². The summed E-state index contributed by atoms with van der Waals surface area (Å²) >= 11 is 0. The van der Waals surface area contributed by atoms with Crippen LogP contribution in [0.4, 0.5) is 0 Å². The molecular formula is C45H30N4. The molecule has 0 fully saturated rings. The van der Waals surface area contributed by atoms with Gasteiger partial charge in [-0.1, -0.05) is 133 Å². The topological polar surface area (TPSA) is 51.6 Å². The summed E-state index contributed by atoms with van der Waals surface area (Å²) in [5.41, 5.74) is 13.9. The van der Waals surface area contributed by atoms with Crippen LogP contribution >= 0.6 is 0 Å². The Morgan fingerprint density at radius 3 is 1.65 bits per heavy atom. The van der Waals surface area contributed by atoms with E-state index in [1.807, 2.05) is 30.7 Å². The molecule has 0 saturated heterocycles. The van der Waals surface area contributed by atoms with Crippen molar-refractivity contribution in [1.82, 2.24) is 19.9 Å². The van der Waals surface area contributed by atoms with Gasteiger partial charge in [0.2, 0.25) is 0 Å². The van der Waals surface area contributed by atoms with E-state index >= 15 is 0 Å². The SMILES string of the molecule is c1ccc(C2(c3ccccc3)c3ccccc3-c3ccc(-c4ncc(-c5cccnc5)c(-c5ccc(-c6cccnc6)cc5)n4)cc32)cc1. The van der Waals surface area contributed by atoms with Gasteiger partial charge in [-0.2, -0.15) is 0 Å². The predicted molar refractivity (Wildman–Crippen MR) is 197 cm³/mol. The lowest BCUT2D eigenvalue weighted by Gasteiger charge is -2.34. The number of hydrogen-bond acceptors (Lipinski definition) is 4. The number of hydrogen-bond donors (Lipinski definition) is 0. The van der Waals surface area contributed by atoms with E-state index in [1.54, 1.807) is 12.4 Å². The molecule has 9 rings (SSSR count). The highest BCUT2D eigenvalue weighted by Crippen LogP contribution is 2.56.